The van der Waals surface area contributed by atoms with Crippen molar-refractivity contribution in [2.24, 2.45) is 23.7 Å². The molecule has 4 nitrogen and oxygen atoms in total. The van der Waals surface area contributed by atoms with Crippen LogP contribution in [0.5, 0.6) is 0 Å². The van der Waals surface area contributed by atoms with Crippen molar-refractivity contribution in [2.75, 3.05) is 46.3 Å². The minimum atomic E-state index is -4.65. The molecule has 1 amide bonds. The van der Waals surface area contributed by atoms with E-state index in [0.29, 0.717) is 19.6 Å². The van der Waals surface area contributed by atoms with Gasteiger partial charge in [0.1, 0.15) is 0 Å². The van der Waals surface area contributed by atoms with E-state index in [2.05, 4.69) is 15.7 Å². The summed E-state index contributed by atoms with van der Waals surface area (Å²) in [6.45, 7) is 3.66. The summed E-state index contributed by atoms with van der Waals surface area (Å²) < 4.78 is 80.4. The number of rotatable bonds is 7. The lowest BCUT2D eigenvalue weighted by atomic mass is 9.71. The molecule has 1 aliphatic heterocycles. The molecule has 2 saturated carbocycles. The molecule has 0 aromatic heterocycles. The highest BCUT2D eigenvalue weighted by atomic mass is 19.4. The van der Waals surface area contributed by atoms with Crippen LogP contribution in [0, 0.1) is 36.0 Å². The fourth-order valence-corrected chi connectivity index (χ4v) is 7.23. The molecular weight excluding hydrogens is 556 g/mol. The van der Waals surface area contributed by atoms with Gasteiger partial charge in [-0.2, -0.15) is 26.3 Å². The lowest BCUT2D eigenvalue weighted by Gasteiger charge is -2.45. The lowest BCUT2D eigenvalue weighted by molar-refractivity contribution is -0.229. The number of halogens is 6. The van der Waals surface area contributed by atoms with Gasteiger partial charge >= 0.3 is 12.4 Å². The van der Waals surface area contributed by atoms with Gasteiger partial charge in [-0.05, 0) is 69.6 Å². The largest absolute Gasteiger partial charge is 0.391 e. The summed E-state index contributed by atoms with van der Waals surface area (Å²) in [7, 11) is 1.64. The number of terminal acetylenes is 1. The molecule has 1 saturated heterocycles. The Morgan fingerprint density at radius 1 is 0.905 bits per heavy atom. The molecule has 3 fully saturated rings. The van der Waals surface area contributed by atoms with E-state index in [4.69, 9.17) is 6.42 Å². The molecular formula is C32H47F6N3O. The predicted molar refractivity (Wildman–Crippen MR) is 151 cm³/mol. The number of hydrogen-bond acceptors (Lipinski definition) is 3. The van der Waals surface area contributed by atoms with Crippen molar-refractivity contribution in [3.05, 3.63) is 11.1 Å². The topological polar surface area (TPSA) is 26.8 Å². The van der Waals surface area contributed by atoms with Gasteiger partial charge in [0.05, 0.1) is 24.4 Å². The SMILES string of the molecule is C#CCN1CCN(C(C(=O)N(C)CCC2CC(C(F)(F)F)CC(C(F)(F)F)C2)C2CCC3=C(CC3)C2)CC1.C1CCC1. The Balaban J connectivity index is 0.000000932. The first-order valence-corrected chi connectivity index (χ1v) is 15.8. The summed E-state index contributed by atoms with van der Waals surface area (Å²) in [5.74, 6) is -1.86. The van der Waals surface area contributed by atoms with Gasteiger partial charge < -0.3 is 4.90 Å². The third-order valence-electron chi connectivity index (χ3n) is 10.3. The van der Waals surface area contributed by atoms with Gasteiger partial charge in [-0.15, -0.1) is 6.42 Å². The molecule has 0 aromatic rings. The number of piperazine rings is 1. The number of nitrogens with zero attached hydrogens (tertiary/aromatic N) is 3. The molecule has 10 heteroatoms. The number of allylic oxidation sites excluding steroid dienone is 2. The van der Waals surface area contributed by atoms with Crippen LogP contribution in [0.3, 0.4) is 0 Å². The molecule has 0 radical (unpaired) electrons. The average molecular weight is 604 g/mol. The number of alkyl halides is 6. The standard InChI is InChI=1S/C28H39F6N3O.C4H8/c1-3-9-36-11-13-37(14-12-36)25(22-7-5-20-4-6-21(20)17-22)26(38)35(2)10-8-19-15-23(27(29,30)31)18-24(16-19)28(32,33)34;1-2-4-3-1/h1,19,22-25H,4-18H2,2H3;1-4H2. The van der Waals surface area contributed by atoms with Gasteiger partial charge in [-0.3, -0.25) is 14.6 Å². The van der Waals surface area contributed by atoms with E-state index in [-0.39, 0.29) is 43.7 Å². The van der Waals surface area contributed by atoms with E-state index in [0.717, 1.165) is 45.2 Å². The number of carbonyl (C=O) groups is 1. The summed E-state index contributed by atoms with van der Waals surface area (Å²) in [6.07, 6.45) is 5.85. The van der Waals surface area contributed by atoms with Crippen LogP contribution in [-0.2, 0) is 4.79 Å². The fourth-order valence-electron chi connectivity index (χ4n) is 7.23. The predicted octanol–water partition coefficient (Wildman–Crippen LogP) is 7.06. The Bertz CT molecular complexity index is 948. The number of amides is 1. The minimum Gasteiger partial charge on any atom is -0.344 e. The maximum absolute atomic E-state index is 13.8. The molecule has 0 bridgehead atoms. The van der Waals surface area contributed by atoms with Crippen LogP contribution in [-0.4, -0.2) is 85.3 Å². The molecule has 0 aromatic carbocycles. The van der Waals surface area contributed by atoms with Crippen molar-refractivity contribution in [2.45, 2.75) is 102 Å². The van der Waals surface area contributed by atoms with Crippen LogP contribution in [0.15, 0.2) is 11.1 Å². The van der Waals surface area contributed by atoms with E-state index >= 15 is 0 Å². The average Bonchev–Trinajstić information content (AvgIpc) is 2.88. The second kappa shape index (κ2) is 14.4. The van der Waals surface area contributed by atoms with Crippen molar-refractivity contribution < 1.29 is 31.1 Å². The lowest BCUT2D eigenvalue weighted by Crippen LogP contribution is -2.58. The Morgan fingerprint density at radius 2 is 1.48 bits per heavy atom. The smallest absolute Gasteiger partial charge is 0.344 e. The second-order valence-corrected chi connectivity index (χ2v) is 13.2. The van der Waals surface area contributed by atoms with Crippen molar-refractivity contribution in [3.8, 4) is 12.3 Å². The molecule has 1 heterocycles. The first kappa shape index (κ1) is 33.2. The molecule has 5 rings (SSSR count). The molecule has 0 N–H and O–H groups in total. The first-order chi connectivity index (χ1) is 19.9. The molecule has 42 heavy (non-hydrogen) atoms. The Kier molecular flexibility index (Phi) is 11.3. The summed E-state index contributed by atoms with van der Waals surface area (Å²) in [6, 6.07) is -0.333. The summed E-state index contributed by atoms with van der Waals surface area (Å²) in [4.78, 5) is 19.8. The third kappa shape index (κ3) is 8.68. The fraction of sp³-hybridized carbons (Fsp3) is 0.844. The van der Waals surface area contributed by atoms with Crippen molar-refractivity contribution >= 4 is 5.91 Å². The van der Waals surface area contributed by atoms with E-state index in [1.165, 1.54) is 36.8 Å². The van der Waals surface area contributed by atoms with E-state index in [9.17, 15) is 31.1 Å². The Hall–Kier alpha value is -1.73. The first-order valence-electron chi connectivity index (χ1n) is 15.8. The highest BCUT2D eigenvalue weighted by molar-refractivity contribution is 5.82. The van der Waals surface area contributed by atoms with Crippen LogP contribution < -0.4 is 0 Å². The van der Waals surface area contributed by atoms with Gasteiger partial charge in [-0.1, -0.05) is 42.7 Å². The number of hydrogen-bond donors (Lipinski definition) is 0. The zero-order chi connectivity index (χ0) is 30.5. The maximum Gasteiger partial charge on any atom is 0.391 e. The van der Waals surface area contributed by atoms with Crippen LogP contribution in [0.25, 0.3) is 0 Å². The third-order valence-corrected chi connectivity index (χ3v) is 10.3. The van der Waals surface area contributed by atoms with Gasteiger partial charge in [0.25, 0.3) is 0 Å². The second-order valence-electron chi connectivity index (χ2n) is 13.2. The van der Waals surface area contributed by atoms with E-state index < -0.39 is 36.5 Å². The van der Waals surface area contributed by atoms with Crippen LogP contribution in [0.2, 0.25) is 0 Å². The zero-order valence-electron chi connectivity index (χ0n) is 24.9. The highest BCUT2D eigenvalue weighted by Crippen LogP contribution is 2.48. The monoisotopic (exact) mass is 603 g/mol. The molecule has 238 valence electrons. The minimum absolute atomic E-state index is 0.0701. The maximum atomic E-state index is 13.8. The van der Waals surface area contributed by atoms with Crippen molar-refractivity contribution in [3.63, 3.8) is 0 Å². The van der Waals surface area contributed by atoms with E-state index in [1.807, 2.05) is 0 Å². The molecule has 4 aliphatic carbocycles. The van der Waals surface area contributed by atoms with Crippen molar-refractivity contribution in [1.29, 1.82) is 0 Å². The van der Waals surface area contributed by atoms with E-state index in [1.54, 1.807) is 11.9 Å². The van der Waals surface area contributed by atoms with Gasteiger partial charge in [0.2, 0.25) is 5.91 Å². The molecule has 4 atom stereocenters. The summed E-state index contributed by atoms with van der Waals surface area (Å²) >= 11 is 0. The summed E-state index contributed by atoms with van der Waals surface area (Å²) in [5, 5.41) is 0. The van der Waals surface area contributed by atoms with Crippen LogP contribution in [0.1, 0.15) is 83.5 Å². The van der Waals surface area contributed by atoms with Gasteiger partial charge in [0, 0.05) is 39.8 Å². The van der Waals surface area contributed by atoms with Gasteiger partial charge in [-0.25, -0.2) is 0 Å². The summed E-state index contributed by atoms with van der Waals surface area (Å²) in [5.41, 5.74) is 2.99. The molecule has 4 unspecified atom stereocenters. The highest BCUT2D eigenvalue weighted by Gasteiger charge is 2.51. The molecule has 0 spiro atoms. The van der Waals surface area contributed by atoms with Crippen LogP contribution >= 0.6 is 0 Å². The number of carbonyl (C=O) groups excluding carboxylic acids is 1. The van der Waals surface area contributed by atoms with Gasteiger partial charge in [0.15, 0.2) is 0 Å². The quantitative estimate of drug-likeness (QED) is 0.177. The van der Waals surface area contributed by atoms with Crippen LogP contribution in [0.4, 0.5) is 26.3 Å². The Labute approximate surface area is 247 Å². The normalized spacial score (nSPS) is 29.7. The Morgan fingerprint density at radius 3 is 1.93 bits per heavy atom. The van der Waals surface area contributed by atoms with Crippen molar-refractivity contribution in [1.82, 2.24) is 14.7 Å². The zero-order valence-corrected chi connectivity index (χ0v) is 24.9. The molecule has 5 aliphatic rings. The number of likely N-dealkylation sites (N-methyl/N-ethyl adjacent to an activating group) is 1.